The Morgan fingerprint density at radius 3 is 2.44 bits per heavy atom. The van der Waals surface area contributed by atoms with E-state index in [4.69, 9.17) is 9.15 Å². The largest absolute Gasteiger partial charge is 0.459 e. The molecule has 1 aliphatic rings. The number of amides is 3. The minimum atomic E-state index is -0.368. The Morgan fingerprint density at radius 1 is 1.11 bits per heavy atom. The predicted octanol–water partition coefficient (Wildman–Crippen LogP) is 1.46. The van der Waals surface area contributed by atoms with Crippen molar-refractivity contribution < 1.29 is 23.5 Å². The van der Waals surface area contributed by atoms with Gasteiger partial charge in [0.1, 0.15) is 0 Å². The molecule has 0 aliphatic carbocycles. The third-order valence-electron chi connectivity index (χ3n) is 4.22. The van der Waals surface area contributed by atoms with Gasteiger partial charge in [-0.15, -0.1) is 0 Å². The molecular formula is C19H21N3O5. The summed E-state index contributed by atoms with van der Waals surface area (Å²) in [5, 5.41) is 2.68. The lowest BCUT2D eigenvalue weighted by Crippen LogP contribution is -2.46. The number of nitrogens with one attached hydrogen (secondary N) is 1. The average Bonchev–Trinajstić information content (AvgIpc) is 3.23. The first-order valence-corrected chi connectivity index (χ1v) is 8.60. The molecule has 27 heavy (non-hydrogen) atoms. The summed E-state index contributed by atoms with van der Waals surface area (Å²) >= 11 is 0. The summed E-state index contributed by atoms with van der Waals surface area (Å²) in [6.45, 7) is 2.15. The number of furan rings is 1. The Labute approximate surface area is 156 Å². The second kappa shape index (κ2) is 8.50. The van der Waals surface area contributed by atoms with Gasteiger partial charge in [0.2, 0.25) is 5.91 Å². The third-order valence-corrected chi connectivity index (χ3v) is 4.22. The van der Waals surface area contributed by atoms with Gasteiger partial charge in [-0.05, 0) is 36.4 Å². The van der Waals surface area contributed by atoms with Gasteiger partial charge in [-0.1, -0.05) is 0 Å². The molecule has 8 heteroatoms. The molecule has 1 fully saturated rings. The van der Waals surface area contributed by atoms with Crippen LogP contribution in [0.3, 0.4) is 0 Å². The van der Waals surface area contributed by atoms with E-state index < -0.39 is 0 Å². The molecule has 1 N–H and O–H groups in total. The second-order valence-electron chi connectivity index (χ2n) is 6.16. The molecule has 1 aromatic carbocycles. The van der Waals surface area contributed by atoms with Gasteiger partial charge in [-0.2, -0.15) is 0 Å². The predicted molar refractivity (Wildman–Crippen MR) is 97.5 cm³/mol. The smallest absolute Gasteiger partial charge is 0.291 e. The van der Waals surface area contributed by atoms with Crippen LogP contribution in [-0.4, -0.2) is 67.4 Å². The zero-order valence-corrected chi connectivity index (χ0v) is 15.0. The number of likely N-dealkylation sites (N-methyl/N-ethyl adjacent to an activating group) is 1. The average molecular weight is 371 g/mol. The fraction of sp³-hybridized carbons (Fsp3) is 0.316. The highest BCUT2D eigenvalue weighted by Gasteiger charge is 2.21. The van der Waals surface area contributed by atoms with Crippen molar-refractivity contribution in [3.05, 3.63) is 54.0 Å². The number of rotatable bonds is 5. The molecule has 2 aromatic rings. The lowest BCUT2D eigenvalue weighted by atomic mass is 10.2. The maximum Gasteiger partial charge on any atom is 0.291 e. The fourth-order valence-electron chi connectivity index (χ4n) is 2.70. The minimum Gasteiger partial charge on any atom is -0.459 e. The molecule has 0 radical (unpaired) electrons. The van der Waals surface area contributed by atoms with E-state index in [-0.39, 0.29) is 30.0 Å². The summed E-state index contributed by atoms with van der Waals surface area (Å²) in [6, 6.07) is 9.67. The molecule has 1 aromatic heterocycles. The van der Waals surface area contributed by atoms with Crippen LogP contribution in [0.5, 0.6) is 0 Å². The highest BCUT2D eigenvalue weighted by atomic mass is 16.5. The van der Waals surface area contributed by atoms with Crippen LogP contribution in [0.15, 0.2) is 47.1 Å². The van der Waals surface area contributed by atoms with Crippen molar-refractivity contribution in [2.75, 3.05) is 45.2 Å². The van der Waals surface area contributed by atoms with Gasteiger partial charge in [0, 0.05) is 31.4 Å². The fourth-order valence-corrected chi connectivity index (χ4v) is 2.70. The Bertz CT molecular complexity index is 795. The van der Waals surface area contributed by atoms with Crippen molar-refractivity contribution in [3.8, 4) is 0 Å². The first-order valence-electron chi connectivity index (χ1n) is 8.60. The van der Waals surface area contributed by atoms with Gasteiger partial charge in [-0.25, -0.2) is 0 Å². The van der Waals surface area contributed by atoms with E-state index in [9.17, 15) is 14.4 Å². The van der Waals surface area contributed by atoms with Crippen LogP contribution in [-0.2, 0) is 9.53 Å². The lowest BCUT2D eigenvalue weighted by Gasteiger charge is -2.28. The molecular weight excluding hydrogens is 350 g/mol. The van der Waals surface area contributed by atoms with Crippen LogP contribution in [0.2, 0.25) is 0 Å². The molecule has 0 atom stereocenters. The van der Waals surface area contributed by atoms with E-state index in [0.717, 1.165) is 0 Å². The third kappa shape index (κ3) is 4.73. The molecule has 0 spiro atoms. The number of anilines is 1. The summed E-state index contributed by atoms with van der Waals surface area (Å²) in [5.41, 5.74) is 0.975. The molecule has 0 unspecified atom stereocenters. The zero-order valence-electron chi connectivity index (χ0n) is 15.0. The number of hydrogen-bond acceptors (Lipinski definition) is 5. The summed E-state index contributed by atoms with van der Waals surface area (Å²) in [5.74, 6) is -0.527. The number of ether oxygens (including phenoxy) is 1. The monoisotopic (exact) mass is 371 g/mol. The molecule has 0 saturated carbocycles. The van der Waals surface area contributed by atoms with Crippen LogP contribution in [0.1, 0.15) is 20.9 Å². The van der Waals surface area contributed by atoms with E-state index >= 15 is 0 Å². The normalized spacial score (nSPS) is 13.9. The van der Waals surface area contributed by atoms with Crippen molar-refractivity contribution in [2.24, 2.45) is 0 Å². The van der Waals surface area contributed by atoms with Gasteiger partial charge in [0.05, 0.1) is 26.0 Å². The first kappa shape index (κ1) is 18.7. The van der Waals surface area contributed by atoms with Gasteiger partial charge in [-0.3, -0.25) is 14.4 Å². The lowest BCUT2D eigenvalue weighted by molar-refractivity contribution is -0.135. The van der Waals surface area contributed by atoms with E-state index in [1.54, 1.807) is 48.3 Å². The van der Waals surface area contributed by atoms with Gasteiger partial charge in [0.25, 0.3) is 11.8 Å². The van der Waals surface area contributed by atoms with Crippen LogP contribution in [0, 0.1) is 0 Å². The number of carbonyl (C=O) groups is 3. The van der Waals surface area contributed by atoms with E-state index in [1.807, 2.05) is 0 Å². The molecule has 3 amide bonds. The number of carbonyl (C=O) groups excluding carboxylic acids is 3. The Morgan fingerprint density at radius 2 is 1.81 bits per heavy atom. The maximum absolute atomic E-state index is 12.5. The number of nitrogens with zero attached hydrogens (tertiary/aromatic N) is 2. The molecule has 2 heterocycles. The number of benzene rings is 1. The summed E-state index contributed by atoms with van der Waals surface area (Å²) in [7, 11) is 1.59. The zero-order chi connectivity index (χ0) is 19.2. The molecule has 8 nitrogen and oxygen atoms in total. The number of hydrogen-bond donors (Lipinski definition) is 1. The summed E-state index contributed by atoms with van der Waals surface area (Å²) in [6.07, 6.45) is 1.42. The molecule has 0 bridgehead atoms. The van der Waals surface area contributed by atoms with Crippen molar-refractivity contribution in [1.29, 1.82) is 0 Å². The van der Waals surface area contributed by atoms with E-state index in [0.29, 0.717) is 37.6 Å². The highest BCUT2D eigenvalue weighted by molar-refractivity contribution is 6.02. The Balaban J connectivity index is 1.56. The molecule has 3 rings (SSSR count). The van der Waals surface area contributed by atoms with Crippen molar-refractivity contribution in [2.45, 2.75) is 0 Å². The molecule has 1 aliphatic heterocycles. The summed E-state index contributed by atoms with van der Waals surface area (Å²) in [4.78, 5) is 39.8. The van der Waals surface area contributed by atoms with Crippen LogP contribution < -0.4 is 5.32 Å². The van der Waals surface area contributed by atoms with Crippen LogP contribution in [0.4, 0.5) is 5.69 Å². The van der Waals surface area contributed by atoms with Crippen molar-refractivity contribution >= 4 is 23.4 Å². The first-order chi connectivity index (χ1) is 13.0. The van der Waals surface area contributed by atoms with Crippen molar-refractivity contribution in [1.82, 2.24) is 9.80 Å². The molecule has 1 saturated heterocycles. The number of morpholine rings is 1. The van der Waals surface area contributed by atoms with Gasteiger partial charge < -0.3 is 24.3 Å². The minimum absolute atomic E-state index is 0.00974. The van der Waals surface area contributed by atoms with E-state index in [2.05, 4.69) is 5.32 Å². The quantitative estimate of drug-likeness (QED) is 0.859. The van der Waals surface area contributed by atoms with Crippen LogP contribution in [0.25, 0.3) is 0 Å². The van der Waals surface area contributed by atoms with Crippen LogP contribution >= 0.6 is 0 Å². The Kier molecular flexibility index (Phi) is 5.87. The topological polar surface area (TPSA) is 92.1 Å². The summed E-state index contributed by atoms with van der Waals surface area (Å²) < 4.78 is 10.3. The second-order valence-corrected chi connectivity index (χ2v) is 6.16. The molecule has 142 valence electrons. The standard InChI is InChI=1S/C19H21N3O5/c1-21(13-17(23)22-8-11-26-12-9-22)19(25)14-4-6-15(7-5-14)20-18(24)16-3-2-10-27-16/h2-7,10H,8-9,11-13H2,1H3,(H,20,24). The Hall–Kier alpha value is -3.13. The van der Waals surface area contributed by atoms with Gasteiger partial charge >= 0.3 is 0 Å². The SMILES string of the molecule is CN(CC(=O)N1CCOCC1)C(=O)c1ccc(NC(=O)c2ccco2)cc1. The van der Waals surface area contributed by atoms with E-state index in [1.165, 1.54) is 11.2 Å². The van der Waals surface area contributed by atoms with Crippen molar-refractivity contribution in [3.63, 3.8) is 0 Å². The highest BCUT2D eigenvalue weighted by Crippen LogP contribution is 2.13. The maximum atomic E-state index is 12.5. The van der Waals surface area contributed by atoms with Gasteiger partial charge in [0.15, 0.2) is 5.76 Å².